The van der Waals surface area contributed by atoms with Gasteiger partial charge in [-0.3, -0.25) is 9.48 Å². The number of carbonyl (C=O) groups excluding carboxylic acids is 1. The molecular weight excluding hydrogens is 300 g/mol. The van der Waals surface area contributed by atoms with Gasteiger partial charge < -0.3 is 10.6 Å². The molecule has 24 heavy (non-hydrogen) atoms. The number of aryl methyl sites for hydroxylation is 2. The number of carbonyl (C=O) groups is 1. The van der Waals surface area contributed by atoms with Gasteiger partial charge in [0, 0.05) is 25.2 Å². The van der Waals surface area contributed by atoms with Crippen LogP contribution in [-0.4, -0.2) is 35.3 Å². The van der Waals surface area contributed by atoms with Gasteiger partial charge in [0.25, 0.3) is 0 Å². The lowest BCUT2D eigenvalue weighted by atomic mass is 9.83. The van der Waals surface area contributed by atoms with Crippen LogP contribution in [0, 0.1) is 6.92 Å². The number of hydrogen-bond donors (Lipinski definition) is 2. The molecule has 1 atom stereocenters. The molecule has 128 valence electrons. The van der Waals surface area contributed by atoms with Crippen molar-refractivity contribution in [2.45, 2.75) is 38.6 Å². The van der Waals surface area contributed by atoms with Crippen molar-refractivity contribution in [3.8, 4) is 0 Å². The Hall–Kier alpha value is -2.14. The van der Waals surface area contributed by atoms with Gasteiger partial charge >= 0.3 is 0 Å². The van der Waals surface area contributed by atoms with Gasteiger partial charge in [-0.2, -0.15) is 5.10 Å². The lowest BCUT2D eigenvalue weighted by molar-refractivity contribution is -0.120. The quantitative estimate of drug-likeness (QED) is 0.765. The minimum atomic E-state index is 0.0645. The van der Waals surface area contributed by atoms with E-state index in [-0.39, 0.29) is 5.91 Å². The average Bonchev–Trinajstić information content (AvgIpc) is 3.02. The first-order valence-electron chi connectivity index (χ1n) is 8.76. The predicted octanol–water partition coefficient (Wildman–Crippen LogP) is 2.02. The second kappa shape index (κ2) is 8.11. The lowest BCUT2D eigenvalue weighted by Gasteiger charge is -2.25. The number of fused-ring (bicyclic) bond motifs is 1. The van der Waals surface area contributed by atoms with E-state index >= 15 is 0 Å². The zero-order valence-corrected chi connectivity index (χ0v) is 14.3. The van der Waals surface area contributed by atoms with Crippen molar-refractivity contribution in [2.75, 3.05) is 19.6 Å². The summed E-state index contributed by atoms with van der Waals surface area (Å²) in [5, 5.41) is 10.5. The monoisotopic (exact) mass is 326 g/mol. The average molecular weight is 326 g/mol. The molecular formula is C19H26N4O. The Balaban J connectivity index is 1.37. The largest absolute Gasteiger partial charge is 0.354 e. The summed E-state index contributed by atoms with van der Waals surface area (Å²) in [7, 11) is 0. The van der Waals surface area contributed by atoms with Gasteiger partial charge in [0.05, 0.1) is 19.3 Å². The van der Waals surface area contributed by atoms with Gasteiger partial charge in [0.15, 0.2) is 0 Å². The van der Waals surface area contributed by atoms with Crippen LogP contribution < -0.4 is 10.6 Å². The summed E-state index contributed by atoms with van der Waals surface area (Å²) >= 11 is 0. The molecule has 0 fully saturated rings. The van der Waals surface area contributed by atoms with Crippen molar-refractivity contribution in [3.63, 3.8) is 0 Å². The van der Waals surface area contributed by atoms with Crippen LogP contribution >= 0.6 is 0 Å². The molecule has 1 aromatic carbocycles. The molecule has 0 spiro atoms. The molecule has 1 aliphatic rings. The van der Waals surface area contributed by atoms with Gasteiger partial charge in [-0.05, 0) is 42.9 Å². The summed E-state index contributed by atoms with van der Waals surface area (Å²) in [6.45, 7) is 4.62. The summed E-state index contributed by atoms with van der Waals surface area (Å²) in [6, 6.07) is 8.61. The van der Waals surface area contributed by atoms with E-state index in [1.165, 1.54) is 17.5 Å². The molecule has 5 heteroatoms. The minimum Gasteiger partial charge on any atom is -0.354 e. The van der Waals surface area contributed by atoms with Gasteiger partial charge in [-0.1, -0.05) is 24.3 Å². The Morgan fingerprint density at radius 1 is 1.38 bits per heavy atom. The summed E-state index contributed by atoms with van der Waals surface area (Å²) in [4.78, 5) is 12.0. The number of nitrogens with zero attached hydrogens (tertiary/aromatic N) is 2. The van der Waals surface area contributed by atoms with E-state index in [1.54, 1.807) is 0 Å². The van der Waals surface area contributed by atoms with Crippen LogP contribution in [-0.2, 0) is 17.8 Å². The van der Waals surface area contributed by atoms with Gasteiger partial charge in [0.2, 0.25) is 5.91 Å². The van der Waals surface area contributed by atoms with Crippen molar-refractivity contribution in [3.05, 3.63) is 53.3 Å². The second-order valence-electron chi connectivity index (χ2n) is 6.55. The first kappa shape index (κ1) is 16.7. The maximum atomic E-state index is 12.0. The molecule has 0 aliphatic heterocycles. The number of rotatable bonds is 7. The molecule has 1 amide bonds. The number of amides is 1. The molecule has 1 unspecified atom stereocenters. The topological polar surface area (TPSA) is 59.0 Å². The molecule has 0 saturated carbocycles. The van der Waals surface area contributed by atoms with E-state index in [0.717, 1.165) is 38.0 Å². The van der Waals surface area contributed by atoms with Crippen molar-refractivity contribution in [1.82, 2.24) is 20.4 Å². The summed E-state index contributed by atoms with van der Waals surface area (Å²) in [5.41, 5.74) is 4.00. The molecule has 0 saturated heterocycles. The normalized spacial score (nSPS) is 16.6. The maximum Gasteiger partial charge on any atom is 0.233 e. The van der Waals surface area contributed by atoms with Crippen LogP contribution in [0.4, 0.5) is 0 Å². The molecule has 1 heterocycles. The molecule has 2 N–H and O–H groups in total. The highest BCUT2D eigenvalue weighted by atomic mass is 16.1. The van der Waals surface area contributed by atoms with Crippen molar-refractivity contribution >= 4 is 5.91 Å². The number of nitrogens with one attached hydrogen (secondary N) is 2. The Kier molecular flexibility index (Phi) is 5.64. The lowest BCUT2D eigenvalue weighted by Crippen LogP contribution is -2.37. The molecule has 0 bridgehead atoms. The fourth-order valence-electron chi connectivity index (χ4n) is 3.35. The third-order valence-electron chi connectivity index (χ3n) is 4.60. The highest BCUT2D eigenvalue weighted by Gasteiger charge is 2.19. The Labute approximate surface area is 143 Å². The number of hydrogen-bond acceptors (Lipinski definition) is 3. The summed E-state index contributed by atoms with van der Waals surface area (Å²) in [6.07, 6.45) is 7.37. The number of benzene rings is 1. The van der Waals surface area contributed by atoms with E-state index in [0.29, 0.717) is 12.5 Å². The van der Waals surface area contributed by atoms with Crippen LogP contribution in [0.1, 0.15) is 35.4 Å². The van der Waals surface area contributed by atoms with Gasteiger partial charge in [-0.25, -0.2) is 0 Å². The first-order valence-corrected chi connectivity index (χ1v) is 8.76. The summed E-state index contributed by atoms with van der Waals surface area (Å²) < 4.78 is 1.89. The molecule has 2 aromatic rings. The maximum absolute atomic E-state index is 12.0. The van der Waals surface area contributed by atoms with E-state index < -0.39 is 0 Å². The Morgan fingerprint density at radius 2 is 2.25 bits per heavy atom. The van der Waals surface area contributed by atoms with E-state index in [4.69, 9.17) is 0 Å². The Bertz CT molecular complexity index is 680. The van der Waals surface area contributed by atoms with Crippen LogP contribution in [0.25, 0.3) is 0 Å². The van der Waals surface area contributed by atoms with Crippen LogP contribution in [0.3, 0.4) is 0 Å². The third kappa shape index (κ3) is 4.45. The fourth-order valence-corrected chi connectivity index (χ4v) is 3.35. The highest BCUT2D eigenvalue weighted by Crippen LogP contribution is 2.30. The van der Waals surface area contributed by atoms with E-state index in [1.807, 2.05) is 24.0 Å². The van der Waals surface area contributed by atoms with Crippen LogP contribution in [0.2, 0.25) is 0 Å². The molecule has 0 radical (unpaired) electrons. The Morgan fingerprint density at radius 3 is 3.08 bits per heavy atom. The van der Waals surface area contributed by atoms with Crippen LogP contribution in [0.15, 0.2) is 36.7 Å². The zero-order chi connectivity index (χ0) is 16.8. The second-order valence-corrected chi connectivity index (χ2v) is 6.55. The summed E-state index contributed by atoms with van der Waals surface area (Å²) in [5.74, 6) is 0.514. The van der Waals surface area contributed by atoms with Gasteiger partial charge in [-0.15, -0.1) is 0 Å². The molecule has 1 aromatic heterocycles. The third-order valence-corrected chi connectivity index (χ3v) is 4.60. The van der Waals surface area contributed by atoms with Crippen molar-refractivity contribution in [1.29, 1.82) is 0 Å². The van der Waals surface area contributed by atoms with Crippen molar-refractivity contribution < 1.29 is 4.79 Å². The molecule has 5 nitrogen and oxygen atoms in total. The van der Waals surface area contributed by atoms with E-state index in [9.17, 15) is 4.79 Å². The van der Waals surface area contributed by atoms with Crippen molar-refractivity contribution in [2.24, 2.45) is 0 Å². The van der Waals surface area contributed by atoms with Crippen LogP contribution in [0.5, 0.6) is 0 Å². The fraction of sp³-hybridized carbons (Fsp3) is 0.474. The predicted molar refractivity (Wildman–Crippen MR) is 95.0 cm³/mol. The highest BCUT2D eigenvalue weighted by molar-refractivity contribution is 5.78. The smallest absolute Gasteiger partial charge is 0.233 e. The minimum absolute atomic E-state index is 0.0645. The standard InChI is InChI=1S/C19H26N4O/c1-15-11-22-23(14-15)10-9-20-13-19(24)21-12-17-7-4-6-16-5-2-3-8-18(16)17/h2-3,5,8,11,14,17,20H,4,6-7,9-10,12-13H2,1H3,(H,21,24). The SMILES string of the molecule is Cc1cnn(CCNCC(=O)NCC2CCCc3ccccc32)c1. The number of aromatic nitrogens is 2. The first-order chi connectivity index (χ1) is 11.7. The van der Waals surface area contributed by atoms with Gasteiger partial charge in [0.1, 0.15) is 0 Å². The molecule has 3 rings (SSSR count). The molecule has 1 aliphatic carbocycles. The zero-order valence-electron chi connectivity index (χ0n) is 14.3. The van der Waals surface area contributed by atoms with E-state index in [2.05, 4.69) is 40.0 Å².